The Kier molecular flexibility index (Phi) is 5.08. The summed E-state index contributed by atoms with van der Waals surface area (Å²) in [5, 5.41) is 5.64. The number of nitrogens with zero attached hydrogens (tertiary/aromatic N) is 2. The number of aryl methyl sites for hydroxylation is 1. The molecule has 1 saturated heterocycles. The van der Waals surface area contributed by atoms with Gasteiger partial charge in [-0.1, -0.05) is 18.2 Å². The van der Waals surface area contributed by atoms with Crippen molar-refractivity contribution in [2.75, 3.05) is 31.5 Å². The molecule has 0 atom stereocenters. The number of benzene rings is 2. The largest absolute Gasteiger partial charge is 0.354 e. The van der Waals surface area contributed by atoms with Gasteiger partial charge in [0, 0.05) is 25.2 Å². The molecule has 0 radical (unpaired) electrons. The third-order valence-corrected chi connectivity index (χ3v) is 4.78. The van der Waals surface area contributed by atoms with Crippen molar-refractivity contribution < 1.29 is 9.59 Å². The van der Waals surface area contributed by atoms with Crippen molar-refractivity contribution in [3.8, 4) is 0 Å². The molecule has 0 aliphatic carbocycles. The van der Waals surface area contributed by atoms with E-state index in [4.69, 9.17) is 0 Å². The Hall–Kier alpha value is -3.19. The predicted molar refractivity (Wildman–Crippen MR) is 108 cm³/mol. The molecule has 7 heteroatoms. The SMILES string of the molecule is Cc1ccc2nc(Cc3ccc(NC(=O)CN4CCNC(=O)C4)cc3)[nH]c2c1. The second-order valence-corrected chi connectivity index (χ2v) is 7.19. The van der Waals surface area contributed by atoms with Crippen LogP contribution in [0.4, 0.5) is 5.69 Å². The molecule has 0 spiro atoms. The van der Waals surface area contributed by atoms with Gasteiger partial charge in [0.15, 0.2) is 0 Å². The molecule has 1 aliphatic heterocycles. The number of fused-ring (bicyclic) bond motifs is 1. The summed E-state index contributed by atoms with van der Waals surface area (Å²) in [7, 11) is 0. The number of carbonyl (C=O) groups is 2. The molecular formula is C21H23N5O2. The zero-order valence-electron chi connectivity index (χ0n) is 15.8. The highest BCUT2D eigenvalue weighted by atomic mass is 16.2. The number of nitrogens with one attached hydrogen (secondary N) is 3. The lowest BCUT2D eigenvalue weighted by atomic mass is 10.1. The monoisotopic (exact) mass is 377 g/mol. The molecule has 2 heterocycles. The van der Waals surface area contributed by atoms with Crippen LogP contribution >= 0.6 is 0 Å². The molecule has 1 aliphatic rings. The molecule has 2 aromatic carbocycles. The van der Waals surface area contributed by atoms with Crippen molar-refractivity contribution in [2.24, 2.45) is 0 Å². The summed E-state index contributed by atoms with van der Waals surface area (Å²) in [6, 6.07) is 13.9. The highest BCUT2D eigenvalue weighted by Gasteiger charge is 2.18. The molecule has 1 aromatic heterocycles. The number of piperazine rings is 1. The van der Waals surface area contributed by atoms with E-state index in [1.165, 1.54) is 5.56 Å². The van der Waals surface area contributed by atoms with Gasteiger partial charge in [0.2, 0.25) is 11.8 Å². The third kappa shape index (κ3) is 4.37. The van der Waals surface area contributed by atoms with Gasteiger partial charge < -0.3 is 15.6 Å². The smallest absolute Gasteiger partial charge is 0.238 e. The van der Waals surface area contributed by atoms with Crippen LogP contribution in [0.5, 0.6) is 0 Å². The average Bonchev–Trinajstić information content (AvgIpc) is 3.04. The predicted octanol–water partition coefficient (Wildman–Crippen LogP) is 1.83. The minimum Gasteiger partial charge on any atom is -0.354 e. The fraction of sp³-hybridized carbons (Fsp3) is 0.286. The van der Waals surface area contributed by atoms with E-state index in [-0.39, 0.29) is 24.9 Å². The van der Waals surface area contributed by atoms with E-state index in [0.717, 1.165) is 28.1 Å². The lowest BCUT2D eigenvalue weighted by Gasteiger charge is -2.25. The van der Waals surface area contributed by atoms with Crippen molar-refractivity contribution in [3.63, 3.8) is 0 Å². The molecule has 3 N–H and O–H groups in total. The number of aromatic amines is 1. The van der Waals surface area contributed by atoms with E-state index >= 15 is 0 Å². The summed E-state index contributed by atoms with van der Waals surface area (Å²) >= 11 is 0. The highest BCUT2D eigenvalue weighted by molar-refractivity contribution is 5.92. The van der Waals surface area contributed by atoms with Gasteiger partial charge in [0.05, 0.1) is 24.1 Å². The first kappa shape index (κ1) is 18.2. The van der Waals surface area contributed by atoms with Crippen LogP contribution in [0.25, 0.3) is 11.0 Å². The first-order chi connectivity index (χ1) is 13.5. The number of rotatable bonds is 5. The lowest BCUT2D eigenvalue weighted by Crippen LogP contribution is -2.49. The van der Waals surface area contributed by atoms with Crippen LogP contribution in [0, 0.1) is 6.92 Å². The zero-order valence-corrected chi connectivity index (χ0v) is 15.8. The van der Waals surface area contributed by atoms with Crippen molar-refractivity contribution in [3.05, 3.63) is 59.4 Å². The van der Waals surface area contributed by atoms with Crippen LogP contribution in [0.2, 0.25) is 0 Å². The maximum atomic E-state index is 12.2. The molecule has 1 fully saturated rings. The number of anilines is 1. The summed E-state index contributed by atoms with van der Waals surface area (Å²) in [5.74, 6) is 0.764. The summed E-state index contributed by atoms with van der Waals surface area (Å²) in [6.45, 7) is 3.82. The van der Waals surface area contributed by atoms with Gasteiger partial charge >= 0.3 is 0 Å². The van der Waals surface area contributed by atoms with Crippen LogP contribution in [0.1, 0.15) is 17.0 Å². The minimum absolute atomic E-state index is 0.0378. The lowest BCUT2D eigenvalue weighted by molar-refractivity contribution is -0.125. The molecule has 0 bridgehead atoms. The van der Waals surface area contributed by atoms with Crippen LogP contribution in [0.15, 0.2) is 42.5 Å². The molecule has 2 amide bonds. The van der Waals surface area contributed by atoms with E-state index in [1.54, 1.807) is 0 Å². The highest BCUT2D eigenvalue weighted by Crippen LogP contribution is 2.17. The number of hydrogen-bond acceptors (Lipinski definition) is 4. The van der Waals surface area contributed by atoms with Crippen LogP contribution in [-0.2, 0) is 16.0 Å². The summed E-state index contributed by atoms with van der Waals surface area (Å²) < 4.78 is 0. The standard InChI is InChI=1S/C21H23N5O2/c1-14-2-7-17-18(10-14)25-19(24-17)11-15-3-5-16(6-4-15)23-21(28)13-26-9-8-22-20(27)12-26/h2-7,10H,8-9,11-13H2,1H3,(H,22,27)(H,23,28)(H,24,25). The van der Waals surface area contributed by atoms with Gasteiger partial charge in [-0.05, 0) is 42.3 Å². The van der Waals surface area contributed by atoms with Gasteiger partial charge in [0.25, 0.3) is 0 Å². The minimum atomic E-state index is -0.116. The second-order valence-electron chi connectivity index (χ2n) is 7.19. The second kappa shape index (κ2) is 7.82. The Morgan fingerprint density at radius 3 is 2.82 bits per heavy atom. The number of imidazole rings is 1. The van der Waals surface area contributed by atoms with Crippen molar-refractivity contribution in [2.45, 2.75) is 13.3 Å². The molecule has 144 valence electrons. The molecule has 7 nitrogen and oxygen atoms in total. The number of amides is 2. The fourth-order valence-electron chi connectivity index (χ4n) is 3.39. The van der Waals surface area contributed by atoms with E-state index in [1.807, 2.05) is 35.2 Å². The fourth-order valence-corrected chi connectivity index (χ4v) is 3.39. The van der Waals surface area contributed by atoms with Gasteiger partial charge in [0.1, 0.15) is 5.82 Å². The third-order valence-electron chi connectivity index (χ3n) is 4.78. The quantitative estimate of drug-likeness (QED) is 0.633. The average molecular weight is 377 g/mol. The molecule has 4 rings (SSSR count). The number of H-pyrrole nitrogens is 1. The molecule has 0 unspecified atom stereocenters. The first-order valence-electron chi connectivity index (χ1n) is 9.38. The van der Waals surface area contributed by atoms with Crippen LogP contribution in [-0.4, -0.2) is 52.9 Å². The van der Waals surface area contributed by atoms with E-state index < -0.39 is 0 Å². The maximum absolute atomic E-state index is 12.2. The maximum Gasteiger partial charge on any atom is 0.238 e. The van der Waals surface area contributed by atoms with Crippen molar-refractivity contribution in [1.82, 2.24) is 20.2 Å². The van der Waals surface area contributed by atoms with Crippen molar-refractivity contribution >= 4 is 28.5 Å². The number of hydrogen-bond donors (Lipinski definition) is 3. The normalized spacial score (nSPS) is 14.8. The van der Waals surface area contributed by atoms with Gasteiger partial charge in [-0.25, -0.2) is 4.98 Å². The number of carbonyl (C=O) groups excluding carboxylic acids is 2. The van der Waals surface area contributed by atoms with Crippen LogP contribution in [0.3, 0.4) is 0 Å². The molecule has 3 aromatic rings. The summed E-state index contributed by atoms with van der Waals surface area (Å²) in [6.07, 6.45) is 0.699. The zero-order chi connectivity index (χ0) is 19.5. The summed E-state index contributed by atoms with van der Waals surface area (Å²) in [5.41, 5.74) is 5.08. The Morgan fingerprint density at radius 2 is 2.04 bits per heavy atom. The Bertz CT molecular complexity index is 1010. The van der Waals surface area contributed by atoms with Gasteiger partial charge in [-0.3, -0.25) is 14.5 Å². The molecule has 28 heavy (non-hydrogen) atoms. The molecular weight excluding hydrogens is 354 g/mol. The first-order valence-corrected chi connectivity index (χ1v) is 9.38. The van der Waals surface area contributed by atoms with Gasteiger partial charge in [-0.15, -0.1) is 0 Å². The van der Waals surface area contributed by atoms with E-state index in [9.17, 15) is 9.59 Å². The Morgan fingerprint density at radius 1 is 1.21 bits per heavy atom. The van der Waals surface area contributed by atoms with Gasteiger partial charge in [-0.2, -0.15) is 0 Å². The summed E-state index contributed by atoms with van der Waals surface area (Å²) in [4.78, 5) is 33.4. The Labute approximate surface area is 163 Å². The van der Waals surface area contributed by atoms with Crippen LogP contribution < -0.4 is 10.6 Å². The topological polar surface area (TPSA) is 90.1 Å². The van der Waals surface area contributed by atoms with E-state index in [2.05, 4.69) is 39.7 Å². The van der Waals surface area contributed by atoms with E-state index in [0.29, 0.717) is 19.5 Å². The molecule has 0 saturated carbocycles. The Balaban J connectivity index is 1.35. The van der Waals surface area contributed by atoms with Crippen molar-refractivity contribution in [1.29, 1.82) is 0 Å². The number of aromatic nitrogens is 2.